The number of para-hydroxylation sites is 4. The fourth-order valence-corrected chi connectivity index (χ4v) is 9.58. The lowest BCUT2D eigenvalue weighted by Crippen LogP contribution is -2.09. The summed E-state index contributed by atoms with van der Waals surface area (Å²) in [4.78, 5) is 15.2. The monoisotopic (exact) mass is 894 g/mol. The summed E-state index contributed by atoms with van der Waals surface area (Å²) in [5.41, 5.74) is 19.2. The summed E-state index contributed by atoms with van der Waals surface area (Å²) in [7, 11) is 0. The van der Waals surface area contributed by atoms with E-state index in [0.717, 1.165) is 112 Å². The van der Waals surface area contributed by atoms with Gasteiger partial charge in [0.25, 0.3) is 0 Å². The molecule has 12 rings (SSSR count). The molecule has 12 aromatic rings. The molecule has 0 saturated heterocycles. The Bertz CT molecular complexity index is 3390. The summed E-state index contributed by atoms with van der Waals surface area (Å²) in [5.74, 6) is 0. The predicted octanol–water partition coefficient (Wildman–Crippen LogP) is 18.1. The van der Waals surface area contributed by atoms with Gasteiger partial charge in [0, 0.05) is 56.0 Å². The quantitative estimate of drug-likeness (QED) is 0.129. The van der Waals surface area contributed by atoms with Crippen LogP contribution < -0.4 is 9.80 Å². The van der Waals surface area contributed by atoms with E-state index in [9.17, 15) is 0 Å². The van der Waals surface area contributed by atoms with Crippen molar-refractivity contribution >= 4 is 55.9 Å². The van der Waals surface area contributed by atoms with Crippen LogP contribution >= 0.6 is 0 Å². The van der Waals surface area contributed by atoms with E-state index in [1.165, 1.54) is 0 Å². The van der Waals surface area contributed by atoms with E-state index in [0.29, 0.717) is 0 Å². The average molecular weight is 895 g/mol. The summed E-state index contributed by atoms with van der Waals surface area (Å²) in [6, 6.07) is 98.7. The molecular weight excluding hydrogens is 849 g/mol. The van der Waals surface area contributed by atoms with Gasteiger partial charge in [0.1, 0.15) is 0 Å². The molecule has 330 valence electrons. The Morgan fingerprint density at radius 2 is 0.486 bits per heavy atom. The van der Waals surface area contributed by atoms with Crippen LogP contribution in [0, 0.1) is 0 Å². The third-order valence-corrected chi connectivity index (χ3v) is 13.0. The van der Waals surface area contributed by atoms with Crippen LogP contribution in [0.4, 0.5) is 34.1 Å². The van der Waals surface area contributed by atoms with E-state index in [1.54, 1.807) is 0 Å². The molecule has 70 heavy (non-hydrogen) atoms. The normalized spacial score (nSPS) is 11.1. The van der Waals surface area contributed by atoms with E-state index in [1.807, 2.05) is 0 Å². The molecule has 0 fully saturated rings. The molecule has 0 aliphatic carbocycles. The van der Waals surface area contributed by atoms with Gasteiger partial charge in [0.2, 0.25) is 0 Å². The van der Waals surface area contributed by atoms with Crippen LogP contribution in [0.5, 0.6) is 0 Å². The SMILES string of the molecule is c1ccc(-c2cc(-c3ccc(N(c4ccccc4)c4ccccc4)cc3)nc3ccc(-c4ccc5nc(-c6ccc(N(c7ccccc7)c7ccccc7)cc6)cc(-c6ccccc6)c5c4)cc23)cc1. The summed E-state index contributed by atoms with van der Waals surface area (Å²) in [5, 5.41) is 2.20. The van der Waals surface area contributed by atoms with Gasteiger partial charge in [-0.2, -0.15) is 0 Å². The van der Waals surface area contributed by atoms with Crippen molar-refractivity contribution in [3.63, 3.8) is 0 Å². The van der Waals surface area contributed by atoms with Crippen molar-refractivity contribution in [1.82, 2.24) is 9.97 Å². The van der Waals surface area contributed by atoms with Gasteiger partial charge in [-0.3, -0.25) is 0 Å². The van der Waals surface area contributed by atoms with Crippen molar-refractivity contribution < 1.29 is 0 Å². The maximum Gasteiger partial charge on any atom is 0.0716 e. The maximum absolute atomic E-state index is 5.32. The standard InChI is InChI=1S/C66H46N4/c1-7-19-47(20-8-1)59-45-65(49-31-37-57(38-32-49)69(53-23-11-3-12-24-53)54-25-13-4-14-26-54)67-63-41-35-51(43-61(59)63)52-36-42-64-62(44-52)60(48-21-9-2-10-22-48)46-66(68-64)50-33-39-58(40-34-50)70(55-27-15-5-16-28-55)56-29-17-6-18-30-56/h1-46H. The Labute approximate surface area is 408 Å². The zero-order valence-electron chi connectivity index (χ0n) is 38.3. The van der Waals surface area contributed by atoms with E-state index < -0.39 is 0 Å². The zero-order chi connectivity index (χ0) is 46.6. The Hall–Kier alpha value is -9.38. The van der Waals surface area contributed by atoms with Crippen molar-refractivity contribution in [1.29, 1.82) is 0 Å². The highest BCUT2D eigenvalue weighted by molar-refractivity contribution is 6.02. The maximum atomic E-state index is 5.32. The first-order valence-corrected chi connectivity index (χ1v) is 23.7. The van der Waals surface area contributed by atoms with Crippen molar-refractivity contribution in [2.75, 3.05) is 9.80 Å². The number of fused-ring (bicyclic) bond motifs is 2. The molecule has 0 aliphatic rings. The van der Waals surface area contributed by atoms with Crippen LogP contribution in [0.15, 0.2) is 279 Å². The number of hydrogen-bond donors (Lipinski definition) is 0. The summed E-state index contributed by atoms with van der Waals surface area (Å²) in [6.07, 6.45) is 0. The minimum Gasteiger partial charge on any atom is -0.311 e. The molecule has 0 aliphatic heterocycles. The lowest BCUT2D eigenvalue weighted by Gasteiger charge is -2.25. The predicted molar refractivity (Wildman–Crippen MR) is 294 cm³/mol. The van der Waals surface area contributed by atoms with Crippen LogP contribution in [0.3, 0.4) is 0 Å². The molecule has 2 aromatic heterocycles. The Morgan fingerprint density at radius 3 is 0.800 bits per heavy atom. The molecule has 2 heterocycles. The Kier molecular flexibility index (Phi) is 11.2. The fourth-order valence-electron chi connectivity index (χ4n) is 9.58. The van der Waals surface area contributed by atoms with E-state index >= 15 is 0 Å². The zero-order valence-corrected chi connectivity index (χ0v) is 38.3. The minimum absolute atomic E-state index is 0.927. The number of rotatable bonds is 11. The first kappa shape index (κ1) is 42.0. The van der Waals surface area contributed by atoms with Crippen LogP contribution in [0.1, 0.15) is 0 Å². The van der Waals surface area contributed by atoms with Gasteiger partial charge in [0.05, 0.1) is 22.4 Å². The molecular formula is C66H46N4. The summed E-state index contributed by atoms with van der Waals surface area (Å²) in [6.45, 7) is 0. The molecule has 0 amide bonds. The second-order valence-electron chi connectivity index (χ2n) is 17.4. The van der Waals surface area contributed by atoms with Gasteiger partial charge in [0.15, 0.2) is 0 Å². The third-order valence-electron chi connectivity index (χ3n) is 13.0. The molecule has 0 atom stereocenters. The molecule has 10 aromatic carbocycles. The number of pyridine rings is 2. The van der Waals surface area contributed by atoms with Crippen LogP contribution in [0.25, 0.3) is 77.7 Å². The lowest BCUT2D eigenvalue weighted by molar-refractivity contribution is 1.28. The van der Waals surface area contributed by atoms with Gasteiger partial charge in [-0.25, -0.2) is 9.97 Å². The molecule has 0 unspecified atom stereocenters. The molecule has 0 spiro atoms. The third kappa shape index (κ3) is 8.36. The number of anilines is 6. The second kappa shape index (κ2) is 18.7. The van der Waals surface area contributed by atoms with Crippen molar-refractivity contribution in [3.05, 3.63) is 279 Å². The van der Waals surface area contributed by atoms with Crippen molar-refractivity contribution in [2.45, 2.75) is 0 Å². The smallest absolute Gasteiger partial charge is 0.0716 e. The van der Waals surface area contributed by atoms with Gasteiger partial charge < -0.3 is 9.80 Å². The second-order valence-corrected chi connectivity index (χ2v) is 17.4. The first-order chi connectivity index (χ1) is 34.7. The average Bonchev–Trinajstić information content (AvgIpc) is 3.44. The summed E-state index contributed by atoms with van der Waals surface area (Å²) >= 11 is 0. The summed E-state index contributed by atoms with van der Waals surface area (Å²) < 4.78 is 0. The van der Waals surface area contributed by atoms with Gasteiger partial charge in [-0.15, -0.1) is 0 Å². The highest BCUT2D eigenvalue weighted by Gasteiger charge is 2.18. The molecule has 0 N–H and O–H groups in total. The van der Waals surface area contributed by atoms with Gasteiger partial charge >= 0.3 is 0 Å². The molecule has 0 saturated carbocycles. The van der Waals surface area contributed by atoms with Gasteiger partial charge in [-0.1, -0.05) is 170 Å². The molecule has 0 radical (unpaired) electrons. The molecule has 4 heteroatoms. The van der Waals surface area contributed by atoms with E-state index in [2.05, 4.69) is 289 Å². The number of hydrogen-bond acceptors (Lipinski definition) is 4. The van der Waals surface area contributed by atoms with E-state index in [4.69, 9.17) is 9.97 Å². The van der Waals surface area contributed by atoms with Crippen molar-refractivity contribution in [2.24, 2.45) is 0 Å². The highest BCUT2D eigenvalue weighted by atomic mass is 15.1. The van der Waals surface area contributed by atoms with Gasteiger partial charge in [-0.05, 0) is 143 Å². The van der Waals surface area contributed by atoms with Crippen LogP contribution in [-0.4, -0.2) is 9.97 Å². The molecule has 0 bridgehead atoms. The fraction of sp³-hybridized carbons (Fsp3) is 0. The topological polar surface area (TPSA) is 32.3 Å². The van der Waals surface area contributed by atoms with Crippen molar-refractivity contribution in [3.8, 4) is 55.9 Å². The largest absolute Gasteiger partial charge is 0.311 e. The lowest BCUT2D eigenvalue weighted by atomic mass is 9.93. The van der Waals surface area contributed by atoms with Crippen LogP contribution in [-0.2, 0) is 0 Å². The Balaban J connectivity index is 0.915. The minimum atomic E-state index is 0.927. The van der Waals surface area contributed by atoms with E-state index in [-0.39, 0.29) is 0 Å². The highest BCUT2D eigenvalue weighted by Crippen LogP contribution is 2.41. The number of nitrogens with zero attached hydrogens (tertiary/aromatic N) is 4. The first-order valence-electron chi connectivity index (χ1n) is 23.7. The Morgan fingerprint density at radius 1 is 0.214 bits per heavy atom. The van der Waals surface area contributed by atoms with Crippen LogP contribution in [0.2, 0.25) is 0 Å². The molecule has 4 nitrogen and oxygen atoms in total. The number of aromatic nitrogens is 2. The number of benzene rings is 10.